The second-order valence-electron chi connectivity index (χ2n) is 5.27. The van der Waals surface area contributed by atoms with Crippen LogP contribution in [0.3, 0.4) is 0 Å². The lowest BCUT2D eigenvalue weighted by atomic mass is 10.1. The number of amides is 1. The molecule has 0 spiro atoms. The average Bonchev–Trinajstić information content (AvgIpc) is 3.31. The maximum Gasteiger partial charge on any atom is 0.251 e. The molecule has 1 aliphatic carbocycles. The molecule has 0 unspecified atom stereocenters. The highest BCUT2D eigenvalue weighted by Crippen LogP contribution is 2.20. The van der Waals surface area contributed by atoms with Gasteiger partial charge in [-0.05, 0) is 48.7 Å². The molecule has 0 aromatic heterocycles. The SMILES string of the molecule is O=C(NC1CC1)c1ccc(NCc2ccccc2Cl)cc1. The third-order valence-corrected chi connectivity index (χ3v) is 3.87. The molecule has 0 saturated heterocycles. The van der Waals surface area contributed by atoms with E-state index in [0.717, 1.165) is 29.1 Å². The molecule has 0 bridgehead atoms. The molecule has 2 aromatic carbocycles. The van der Waals surface area contributed by atoms with Crippen LogP contribution in [0, 0.1) is 0 Å². The molecule has 1 saturated carbocycles. The fourth-order valence-electron chi connectivity index (χ4n) is 2.07. The van der Waals surface area contributed by atoms with Gasteiger partial charge in [0.05, 0.1) is 0 Å². The smallest absolute Gasteiger partial charge is 0.251 e. The third kappa shape index (κ3) is 3.76. The van der Waals surface area contributed by atoms with E-state index < -0.39 is 0 Å². The van der Waals surface area contributed by atoms with E-state index in [1.54, 1.807) is 0 Å². The highest BCUT2D eigenvalue weighted by molar-refractivity contribution is 6.31. The highest BCUT2D eigenvalue weighted by atomic mass is 35.5. The first-order valence-electron chi connectivity index (χ1n) is 7.10. The first-order chi connectivity index (χ1) is 10.2. The second-order valence-corrected chi connectivity index (χ2v) is 5.68. The summed E-state index contributed by atoms with van der Waals surface area (Å²) in [4.78, 5) is 11.9. The van der Waals surface area contributed by atoms with Gasteiger partial charge in [-0.15, -0.1) is 0 Å². The second kappa shape index (κ2) is 6.19. The van der Waals surface area contributed by atoms with Gasteiger partial charge in [0.1, 0.15) is 0 Å². The van der Waals surface area contributed by atoms with Crippen molar-refractivity contribution in [3.63, 3.8) is 0 Å². The number of anilines is 1. The van der Waals surface area contributed by atoms with Crippen LogP contribution in [0.1, 0.15) is 28.8 Å². The van der Waals surface area contributed by atoms with E-state index in [-0.39, 0.29) is 5.91 Å². The Bertz CT molecular complexity index is 635. The summed E-state index contributed by atoms with van der Waals surface area (Å²) in [5.74, 6) is 0.00940. The molecule has 0 aliphatic heterocycles. The number of hydrogen-bond acceptors (Lipinski definition) is 2. The summed E-state index contributed by atoms with van der Waals surface area (Å²) in [5.41, 5.74) is 2.72. The molecule has 0 atom stereocenters. The topological polar surface area (TPSA) is 41.1 Å². The summed E-state index contributed by atoms with van der Waals surface area (Å²) >= 11 is 6.12. The molecule has 1 aliphatic rings. The Balaban J connectivity index is 1.59. The van der Waals surface area contributed by atoms with Crippen LogP contribution in [0.4, 0.5) is 5.69 Å². The number of carbonyl (C=O) groups excluding carboxylic acids is 1. The molecule has 1 amide bonds. The zero-order valence-electron chi connectivity index (χ0n) is 11.6. The summed E-state index contributed by atoms with van der Waals surface area (Å²) in [6, 6.07) is 15.6. The molecule has 108 valence electrons. The lowest BCUT2D eigenvalue weighted by Crippen LogP contribution is -2.25. The summed E-state index contributed by atoms with van der Waals surface area (Å²) < 4.78 is 0. The van der Waals surface area contributed by atoms with Crippen LogP contribution in [0.2, 0.25) is 5.02 Å². The number of carbonyl (C=O) groups is 1. The van der Waals surface area contributed by atoms with Gasteiger partial charge in [-0.25, -0.2) is 0 Å². The van der Waals surface area contributed by atoms with Crippen molar-refractivity contribution in [2.75, 3.05) is 5.32 Å². The van der Waals surface area contributed by atoms with Crippen molar-refractivity contribution in [1.82, 2.24) is 5.32 Å². The van der Waals surface area contributed by atoms with Gasteiger partial charge in [0.15, 0.2) is 0 Å². The van der Waals surface area contributed by atoms with E-state index in [4.69, 9.17) is 11.6 Å². The van der Waals surface area contributed by atoms with Gasteiger partial charge in [0.2, 0.25) is 0 Å². The normalized spacial score (nSPS) is 13.8. The molecule has 4 heteroatoms. The summed E-state index contributed by atoms with van der Waals surface area (Å²) in [5, 5.41) is 7.04. The van der Waals surface area contributed by atoms with Gasteiger partial charge in [0.25, 0.3) is 5.91 Å². The van der Waals surface area contributed by atoms with E-state index in [0.29, 0.717) is 18.2 Å². The molecule has 3 rings (SSSR count). The maximum atomic E-state index is 11.9. The predicted octanol–water partition coefficient (Wildman–Crippen LogP) is 3.84. The summed E-state index contributed by atoms with van der Waals surface area (Å²) in [6.45, 7) is 0.660. The molecule has 3 nitrogen and oxygen atoms in total. The Kier molecular flexibility index (Phi) is 4.11. The average molecular weight is 301 g/mol. The fraction of sp³-hybridized carbons (Fsp3) is 0.235. The largest absolute Gasteiger partial charge is 0.381 e. The van der Waals surface area contributed by atoms with Crippen molar-refractivity contribution in [2.45, 2.75) is 25.4 Å². The zero-order chi connectivity index (χ0) is 14.7. The third-order valence-electron chi connectivity index (χ3n) is 3.50. The first-order valence-corrected chi connectivity index (χ1v) is 7.48. The van der Waals surface area contributed by atoms with Gasteiger partial charge in [-0.2, -0.15) is 0 Å². The van der Waals surface area contributed by atoms with Gasteiger partial charge in [-0.3, -0.25) is 4.79 Å². The van der Waals surface area contributed by atoms with Crippen LogP contribution >= 0.6 is 11.6 Å². The quantitative estimate of drug-likeness (QED) is 0.881. The molecule has 0 radical (unpaired) electrons. The minimum absolute atomic E-state index is 0.00940. The lowest BCUT2D eigenvalue weighted by Gasteiger charge is -2.09. The van der Waals surface area contributed by atoms with Crippen molar-refractivity contribution >= 4 is 23.2 Å². The van der Waals surface area contributed by atoms with Crippen LogP contribution in [0.15, 0.2) is 48.5 Å². The van der Waals surface area contributed by atoms with Crippen molar-refractivity contribution in [2.24, 2.45) is 0 Å². The molecular weight excluding hydrogens is 284 g/mol. The molecule has 0 heterocycles. The molecule has 1 fully saturated rings. The standard InChI is InChI=1S/C17H17ClN2O/c18-16-4-2-1-3-13(16)11-19-14-7-5-12(6-8-14)17(21)20-15-9-10-15/h1-8,15,19H,9-11H2,(H,20,21). The number of halogens is 1. The number of hydrogen-bond donors (Lipinski definition) is 2. The first kappa shape index (κ1) is 14.0. The maximum absolute atomic E-state index is 11.9. The van der Waals surface area contributed by atoms with Gasteiger partial charge < -0.3 is 10.6 Å². The van der Waals surface area contributed by atoms with Crippen LogP contribution in [-0.4, -0.2) is 11.9 Å². The minimum atomic E-state index is 0.00940. The van der Waals surface area contributed by atoms with E-state index in [2.05, 4.69) is 10.6 Å². The van der Waals surface area contributed by atoms with E-state index in [1.165, 1.54) is 0 Å². The molecular formula is C17H17ClN2O. The Labute approximate surface area is 129 Å². The van der Waals surface area contributed by atoms with Crippen molar-refractivity contribution < 1.29 is 4.79 Å². The Morgan fingerprint density at radius 1 is 1.10 bits per heavy atom. The molecule has 21 heavy (non-hydrogen) atoms. The van der Waals surface area contributed by atoms with Crippen LogP contribution in [-0.2, 0) is 6.54 Å². The minimum Gasteiger partial charge on any atom is -0.381 e. The summed E-state index contributed by atoms with van der Waals surface area (Å²) in [6.07, 6.45) is 2.20. The molecule has 2 N–H and O–H groups in total. The van der Waals surface area contributed by atoms with Crippen molar-refractivity contribution in [1.29, 1.82) is 0 Å². The Morgan fingerprint density at radius 3 is 2.48 bits per heavy atom. The highest BCUT2D eigenvalue weighted by Gasteiger charge is 2.23. The van der Waals surface area contributed by atoms with Gasteiger partial charge in [0, 0.05) is 28.9 Å². The van der Waals surface area contributed by atoms with Crippen LogP contribution in [0.5, 0.6) is 0 Å². The molecule has 2 aromatic rings. The van der Waals surface area contributed by atoms with E-state index >= 15 is 0 Å². The number of nitrogens with one attached hydrogen (secondary N) is 2. The fourth-order valence-corrected chi connectivity index (χ4v) is 2.28. The number of benzene rings is 2. The van der Waals surface area contributed by atoms with Crippen LogP contribution in [0.25, 0.3) is 0 Å². The summed E-state index contributed by atoms with van der Waals surface area (Å²) in [7, 11) is 0. The Hall–Kier alpha value is -2.00. The van der Waals surface area contributed by atoms with Crippen LogP contribution < -0.4 is 10.6 Å². The Morgan fingerprint density at radius 2 is 1.81 bits per heavy atom. The monoisotopic (exact) mass is 300 g/mol. The van der Waals surface area contributed by atoms with Gasteiger partial charge in [-0.1, -0.05) is 29.8 Å². The lowest BCUT2D eigenvalue weighted by molar-refractivity contribution is 0.0951. The van der Waals surface area contributed by atoms with Gasteiger partial charge >= 0.3 is 0 Å². The van der Waals surface area contributed by atoms with E-state index in [9.17, 15) is 4.79 Å². The predicted molar refractivity (Wildman–Crippen MR) is 85.7 cm³/mol. The zero-order valence-corrected chi connectivity index (χ0v) is 12.4. The van der Waals surface area contributed by atoms with Crippen molar-refractivity contribution in [3.05, 3.63) is 64.7 Å². The number of rotatable bonds is 5. The van der Waals surface area contributed by atoms with E-state index in [1.807, 2.05) is 48.5 Å². The van der Waals surface area contributed by atoms with Crippen molar-refractivity contribution in [3.8, 4) is 0 Å².